The lowest BCUT2D eigenvalue weighted by Crippen LogP contribution is -2.38. The van der Waals surface area contributed by atoms with Crippen molar-refractivity contribution in [2.45, 2.75) is 39.2 Å². The van der Waals surface area contributed by atoms with Crippen LogP contribution in [0.15, 0.2) is 29.3 Å². The number of oxazole rings is 1. The van der Waals surface area contributed by atoms with E-state index in [2.05, 4.69) is 10.1 Å². The normalized spacial score (nSPS) is 16.4. The smallest absolute Gasteiger partial charge is 0.276 e. The Kier molecular flexibility index (Phi) is 5.70. The molecule has 2 aromatic rings. The molecule has 3 rings (SSSR count). The van der Waals surface area contributed by atoms with E-state index in [0.29, 0.717) is 50.5 Å². The van der Waals surface area contributed by atoms with Crippen molar-refractivity contribution < 1.29 is 14.0 Å². The summed E-state index contributed by atoms with van der Waals surface area (Å²) in [5.41, 5.74) is 0.389. The minimum Gasteiger partial charge on any atom is -0.448 e. The van der Waals surface area contributed by atoms with Crippen molar-refractivity contribution in [1.82, 2.24) is 24.6 Å². The molecular weight excluding hydrogens is 334 g/mol. The SMILES string of the molecule is CCc1ocnc1C(=O)N1CCCN(C(=O)CC(C)n2cccn2)CC1. The average molecular weight is 359 g/mol. The highest BCUT2D eigenvalue weighted by molar-refractivity contribution is 5.93. The van der Waals surface area contributed by atoms with E-state index in [0.717, 1.165) is 6.42 Å². The van der Waals surface area contributed by atoms with E-state index >= 15 is 0 Å². The topological polar surface area (TPSA) is 84.5 Å². The van der Waals surface area contributed by atoms with Crippen LogP contribution in [0.5, 0.6) is 0 Å². The van der Waals surface area contributed by atoms with Crippen LogP contribution in [0, 0.1) is 0 Å². The number of carbonyl (C=O) groups excluding carboxylic acids is 2. The van der Waals surface area contributed by atoms with Gasteiger partial charge in [-0.05, 0) is 19.4 Å². The van der Waals surface area contributed by atoms with E-state index in [9.17, 15) is 9.59 Å². The number of rotatable bonds is 5. The number of aryl methyl sites for hydroxylation is 1. The maximum absolute atomic E-state index is 12.7. The molecule has 1 aliphatic rings. The van der Waals surface area contributed by atoms with Crippen molar-refractivity contribution in [3.63, 3.8) is 0 Å². The number of amides is 2. The van der Waals surface area contributed by atoms with Crippen molar-refractivity contribution >= 4 is 11.8 Å². The largest absolute Gasteiger partial charge is 0.448 e. The minimum atomic E-state index is -0.116. The second kappa shape index (κ2) is 8.16. The zero-order valence-corrected chi connectivity index (χ0v) is 15.3. The third kappa shape index (κ3) is 3.95. The standard InChI is InChI=1S/C18H25N5O3/c1-3-15-17(19-13-26-15)18(25)22-8-5-7-21(10-11-22)16(24)12-14(2)23-9-4-6-20-23/h4,6,9,13-14H,3,5,7-8,10-12H2,1-2H3. The molecule has 1 unspecified atom stereocenters. The highest BCUT2D eigenvalue weighted by Crippen LogP contribution is 2.15. The Morgan fingerprint density at radius 3 is 2.73 bits per heavy atom. The first-order chi connectivity index (χ1) is 12.6. The predicted octanol–water partition coefficient (Wildman–Crippen LogP) is 1.76. The van der Waals surface area contributed by atoms with Gasteiger partial charge in [0, 0.05) is 51.4 Å². The van der Waals surface area contributed by atoms with Gasteiger partial charge in [-0.15, -0.1) is 0 Å². The Hall–Kier alpha value is -2.64. The fourth-order valence-electron chi connectivity index (χ4n) is 3.23. The van der Waals surface area contributed by atoms with Crippen LogP contribution < -0.4 is 0 Å². The molecule has 0 spiro atoms. The molecule has 8 heteroatoms. The molecule has 1 saturated heterocycles. The van der Waals surface area contributed by atoms with Gasteiger partial charge in [0.1, 0.15) is 5.76 Å². The molecule has 3 heterocycles. The van der Waals surface area contributed by atoms with Gasteiger partial charge in [0.2, 0.25) is 5.91 Å². The van der Waals surface area contributed by atoms with E-state index in [1.807, 2.05) is 31.0 Å². The Morgan fingerprint density at radius 1 is 1.23 bits per heavy atom. The molecule has 2 aromatic heterocycles. The Balaban J connectivity index is 1.57. The predicted molar refractivity (Wildman–Crippen MR) is 94.5 cm³/mol. The van der Waals surface area contributed by atoms with Crippen LogP contribution in [0.3, 0.4) is 0 Å². The van der Waals surface area contributed by atoms with Gasteiger partial charge in [-0.25, -0.2) is 4.98 Å². The fraction of sp³-hybridized carbons (Fsp3) is 0.556. The summed E-state index contributed by atoms with van der Waals surface area (Å²) in [6.07, 6.45) is 6.68. The van der Waals surface area contributed by atoms with Crippen LogP contribution in [0.2, 0.25) is 0 Å². The minimum absolute atomic E-state index is 0.0146. The van der Waals surface area contributed by atoms with Gasteiger partial charge in [0.15, 0.2) is 12.1 Å². The van der Waals surface area contributed by atoms with Gasteiger partial charge in [0.05, 0.1) is 6.04 Å². The molecule has 0 radical (unpaired) electrons. The second-order valence-electron chi connectivity index (χ2n) is 6.54. The quantitative estimate of drug-likeness (QED) is 0.812. The number of aromatic nitrogens is 3. The van der Waals surface area contributed by atoms with Crippen LogP contribution in [-0.2, 0) is 11.2 Å². The van der Waals surface area contributed by atoms with E-state index in [-0.39, 0.29) is 17.9 Å². The van der Waals surface area contributed by atoms with Crippen LogP contribution in [0.25, 0.3) is 0 Å². The third-order valence-corrected chi connectivity index (χ3v) is 4.75. The van der Waals surface area contributed by atoms with Gasteiger partial charge in [-0.2, -0.15) is 5.10 Å². The first kappa shape index (κ1) is 18.2. The number of hydrogen-bond acceptors (Lipinski definition) is 5. The number of hydrogen-bond donors (Lipinski definition) is 0. The van der Waals surface area contributed by atoms with E-state index < -0.39 is 0 Å². The summed E-state index contributed by atoms with van der Waals surface area (Å²) >= 11 is 0. The van der Waals surface area contributed by atoms with Gasteiger partial charge in [0.25, 0.3) is 5.91 Å². The zero-order chi connectivity index (χ0) is 18.5. The summed E-state index contributed by atoms with van der Waals surface area (Å²) in [5.74, 6) is 0.591. The van der Waals surface area contributed by atoms with Crippen LogP contribution in [0.1, 0.15) is 49.0 Å². The molecule has 0 bridgehead atoms. The lowest BCUT2D eigenvalue weighted by molar-refractivity contribution is -0.131. The summed E-state index contributed by atoms with van der Waals surface area (Å²) in [5, 5.41) is 4.19. The Bertz CT molecular complexity index is 740. The van der Waals surface area contributed by atoms with Crippen molar-refractivity contribution in [3.05, 3.63) is 36.3 Å². The van der Waals surface area contributed by atoms with Gasteiger partial charge in [-0.3, -0.25) is 14.3 Å². The molecular formula is C18H25N5O3. The molecule has 8 nitrogen and oxygen atoms in total. The highest BCUT2D eigenvalue weighted by atomic mass is 16.3. The fourth-order valence-corrected chi connectivity index (χ4v) is 3.23. The van der Waals surface area contributed by atoms with E-state index in [4.69, 9.17) is 4.42 Å². The molecule has 0 aliphatic carbocycles. The lowest BCUT2D eigenvalue weighted by Gasteiger charge is -2.23. The molecule has 2 amide bonds. The summed E-state index contributed by atoms with van der Waals surface area (Å²) < 4.78 is 7.06. The molecule has 0 N–H and O–H groups in total. The lowest BCUT2D eigenvalue weighted by atomic mass is 10.2. The Morgan fingerprint density at radius 2 is 2.00 bits per heavy atom. The van der Waals surface area contributed by atoms with Crippen LogP contribution in [-0.4, -0.2) is 62.6 Å². The number of nitrogens with zero attached hydrogens (tertiary/aromatic N) is 5. The maximum atomic E-state index is 12.7. The molecule has 0 aromatic carbocycles. The maximum Gasteiger partial charge on any atom is 0.276 e. The monoisotopic (exact) mass is 359 g/mol. The van der Waals surface area contributed by atoms with Crippen LogP contribution in [0.4, 0.5) is 0 Å². The Labute approximate surface area is 152 Å². The van der Waals surface area contributed by atoms with Crippen LogP contribution >= 0.6 is 0 Å². The molecule has 0 saturated carbocycles. The first-order valence-electron chi connectivity index (χ1n) is 9.08. The molecule has 1 aliphatic heterocycles. The summed E-state index contributed by atoms with van der Waals surface area (Å²) in [6.45, 7) is 6.24. The highest BCUT2D eigenvalue weighted by Gasteiger charge is 2.26. The average Bonchev–Trinajstić information content (AvgIpc) is 3.28. The molecule has 26 heavy (non-hydrogen) atoms. The summed E-state index contributed by atoms with van der Waals surface area (Å²) in [4.78, 5) is 33.0. The van der Waals surface area contributed by atoms with E-state index in [1.54, 1.807) is 15.8 Å². The number of carbonyl (C=O) groups is 2. The van der Waals surface area contributed by atoms with Crippen molar-refractivity contribution in [2.24, 2.45) is 0 Å². The van der Waals surface area contributed by atoms with Gasteiger partial charge < -0.3 is 14.2 Å². The zero-order valence-electron chi connectivity index (χ0n) is 15.3. The van der Waals surface area contributed by atoms with E-state index in [1.165, 1.54) is 6.39 Å². The van der Waals surface area contributed by atoms with Crippen molar-refractivity contribution in [2.75, 3.05) is 26.2 Å². The van der Waals surface area contributed by atoms with Crippen molar-refractivity contribution in [3.8, 4) is 0 Å². The molecule has 1 fully saturated rings. The second-order valence-corrected chi connectivity index (χ2v) is 6.54. The molecule has 140 valence electrons. The first-order valence-corrected chi connectivity index (χ1v) is 9.08. The molecule has 1 atom stereocenters. The summed E-state index contributed by atoms with van der Waals surface area (Å²) in [6, 6.07) is 1.87. The van der Waals surface area contributed by atoms with Gasteiger partial charge in [-0.1, -0.05) is 6.92 Å². The van der Waals surface area contributed by atoms with Gasteiger partial charge >= 0.3 is 0 Å². The summed E-state index contributed by atoms with van der Waals surface area (Å²) in [7, 11) is 0. The van der Waals surface area contributed by atoms with Crippen molar-refractivity contribution in [1.29, 1.82) is 0 Å². The third-order valence-electron chi connectivity index (χ3n) is 4.75.